The van der Waals surface area contributed by atoms with E-state index in [-0.39, 0.29) is 11.7 Å². The number of piperazine rings is 1. The van der Waals surface area contributed by atoms with Crippen LogP contribution in [0.15, 0.2) is 48.5 Å². The zero-order chi connectivity index (χ0) is 18.1. The second-order valence-electron chi connectivity index (χ2n) is 6.40. The highest BCUT2D eigenvalue weighted by Crippen LogP contribution is 2.28. The van der Waals surface area contributed by atoms with Crippen LogP contribution in [0.25, 0.3) is 10.9 Å². The summed E-state index contributed by atoms with van der Waals surface area (Å²) in [5.41, 5.74) is 2.29. The Morgan fingerprint density at radius 3 is 2.58 bits per heavy atom. The molecule has 1 aliphatic rings. The van der Waals surface area contributed by atoms with Gasteiger partial charge in [0.25, 0.3) is 5.91 Å². The van der Waals surface area contributed by atoms with Crippen LogP contribution in [0.5, 0.6) is 11.5 Å². The Balaban J connectivity index is 1.47. The van der Waals surface area contributed by atoms with E-state index in [1.807, 2.05) is 47.4 Å². The largest absolute Gasteiger partial charge is 0.506 e. The van der Waals surface area contributed by atoms with E-state index < -0.39 is 0 Å². The van der Waals surface area contributed by atoms with Crippen LogP contribution in [0.3, 0.4) is 0 Å². The maximum absolute atomic E-state index is 12.8. The van der Waals surface area contributed by atoms with Crippen molar-refractivity contribution in [1.29, 1.82) is 0 Å². The molecule has 0 spiro atoms. The molecule has 1 amide bonds. The molecule has 6 heteroatoms. The number of aromatic hydroxyl groups is 1. The Bertz CT molecular complexity index is 942. The van der Waals surface area contributed by atoms with Crippen molar-refractivity contribution in [2.24, 2.45) is 0 Å². The highest BCUT2D eigenvalue weighted by atomic mass is 16.5. The van der Waals surface area contributed by atoms with E-state index in [1.165, 1.54) is 0 Å². The number of carbonyl (C=O) groups excluding carboxylic acids is 1. The van der Waals surface area contributed by atoms with Crippen molar-refractivity contribution < 1.29 is 14.6 Å². The number of carbonyl (C=O) groups is 1. The third kappa shape index (κ3) is 2.94. The molecule has 0 atom stereocenters. The van der Waals surface area contributed by atoms with Gasteiger partial charge in [-0.05, 0) is 30.3 Å². The number of H-pyrrole nitrogens is 1. The second-order valence-corrected chi connectivity index (χ2v) is 6.40. The molecule has 1 aliphatic heterocycles. The van der Waals surface area contributed by atoms with Crippen molar-refractivity contribution in [1.82, 2.24) is 9.88 Å². The first-order valence-electron chi connectivity index (χ1n) is 8.64. The molecule has 1 aromatic heterocycles. The van der Waals surface area contributed by atoms with Crippen LogP contribution in [0.4, 0.5) is 5.69 Å². The molecule has 134 valence electrons. The maximum Gasteiger partial charge on any atom is 0.270 e. The SMILES string of the molecule is COc1ccc2cc(C(=O)N3CCN(c4ccccc4O)CC3)[nH]c2c1. The number of nitrogens with zero attached hydrogens (tertiary/aromatic N) is 2. The lowest BCUT2D eigenvalue weighted by atomic mass is 10.2. The molecular formula is C20H21N3O3. The van der Waals surface area contributed by atoms with E-state index in [4.69, 9.17) is 4.74 Å². The van der Waals surface area contributed by atoms with Gasteiger partial charge in [-0.25, -0.2) is 0 Å². The molecule has 1 saturated heterocycles. The highest BCUT2D eigenvalue weighted by molar-refractivity contribution is 5.98. The third-order valence-corrected chi connectivity index (χ3v) is 4.85. The number of benzene rings is 2. The Morgan fingerprint density at radius 1 is 1.08 bits per heavy atom. The van der Waals surface area contributed by atoms with Gasteiger partial charge in [-0.3, -0.25) is 4.79 Å². The van der Waals surface area contributed by atoms with Gasteiger partial charge in [0.2, 0.25) is 0 Å². The Kier molecular flexibility index (Phi) is 4.16. The zero-order valence-corrected chi connectivity index (χ0v) is 14.6. The lowest BCUT2D eigenvalue weighted by molar-refractivity contribution is 0.0742. The fourth-order valence-corrected chi connectivity index (χ4v) is 3.40. The topological polar surface area (TPSA) is 68.8 Å². The number of anilines is 1. The summed E-state index contributed by atoms with van der Waals surface area (Å²) in [6.45, 7) is 2.62. The molecule has 0 aliphatic carbocycles. The van der Waals surface area contributed by atoms with Crippen molar-refractivity contribution in [3.8, 4) is 11.5 Å². The van der Waals surface area contributed by atoms with Crippen molar-refractivity contribution in [2.75, 3.05) is 38.2 Å². The molecule has 0 radical (unpaired) electrons. The predicted octanol–water partition coefficient (Wildman–Crippen LogP) is 2.84. The molecule has 1 fully saturated rings. The van der Waals surface area contributed by atoms with Crippen LogP contribution in [-0.2, 0) is 0 Å². The van der Waals surface area contributed by atoms with Gasteiger partial charge in [-0.2, -0.15) is 0 Å². The highest BCUT2D eigenvalue weighted by Gasteiger charge is 2.24. The van der Waals surface area contributed by atoms with Crippen LogP contribution in [-0.4, -0.2) is 54.2 Å². The average molecular weight is 351 g/mol. The molecular weight excluding hydrogens is 330 g/mol. The Labute approximate surface area is 151 Å². The van der Waals surface area contributed by atoms with Gasteiger partial charge in [-0.1, -0.05) is 12.1 Å². The summed E-state index contributed by atoms with van der Waals surface area (Å²) in [5, 5.41) is 11.0. The van der Waals surface area contributed by atoms with Crippen molar-refractivity contribution in [2.45, 2.75) is 0 Å². The number of fused-ring (bicyclic) bond motifs is 1. The molecule has 0 saturated carbocycles. The minimum Gasteiger partial charge on any atom is -0.506 e. The lowest BCUT2D eigenvalue weighted by Gasteiger charge is -2.36. The van der Waals surface area contributed by atoms with Crippen LogP contribution in [0.2, 0.25) is 0 Å². The quantitative estimate of drug-likeness (QED) is 0.761. The van der Waals surface area contributed by atoms with E-state index in [0.717, 1.165) is 22.3 Å². The van der Waals surface area contributed by atoms with Crippen molar-refractivity contribution in [3.63, 3.8) is 0 Å². The molecule has 26 heavy (non-hydrogen) atoms. The monoisotopic (exact) mass is 351 g/mol. The number of nitrogens with one attached hydrogen (secondary N) is 1. The van der Waals surface area contributed by atoms with Crippen LogP contribution in [0, 0.1) is 0 Å². The van der Waals surface area contributed by atoms with Gasteiger partial charge in [0.05, 0.1) is 12.8 Å². The summed E-state index contributed by atoms with van der Waals surface area (Å²) in [7, 11) is 1.63. The van der Waals surface area contributed by atoms with Gasteiger partial charge in [0, 0.05) is 43.1 Å². The number of methoxy groups -OCH3 is 1. The van der Waals surface area contributed by atoms with E-state index in [2.05, 4.69) is 9.88 Å². The summed E-state index contributed by atoms with van der Waals surface area (Å²) in [5.74, 6) is 1.03. The second kappa shape index (κ2) is 6.63. The Morgan fingerprint density at radius 2 is 1.85 bits per heavy atom. The summed E-state index contributed by atoms with van der Waals surface area (Å²) >= 11 is 0. The molecule has 3 aromatic rings. The number of hydrogen-bond acceptors (Lipinski definition) is 4. The first kappa shape index (κ1) is 16.3. The smallest absolute Gasteiger partial charge is 0.270 e. The number of phenols is 1. The predicted molar refractivity (Wildman–Crippen MR) is 101 cm³/mol. The lowest BCUT2D eigenvalue weighted by Crippen LogP contribution is -2.48. The third-order valence-electron chi connectivity index (χ3n) is 4.85. The number of hydrogen-bond donors (Lipinski definition) is 2. The molecule has 2 N–H and O–H groups in total. The van der Waals surface area contributed by atoms with E-state index in [9.17, 15) is 9.90 Å². The standard InChI is InChI=1S/C20H21N3O3/c1-26-15-7-6-14-12-17(21-16(14)13-15)20(25)23-10-8-22(9-11-23)18-4-2-3-5-19(18)24/h2-7,12-13,21,24H,8-11H2,1H3. The van der Waals surface area contributed by atoms with E-state index in [0.29, 0.717) is 31.9 Å². The maximum atomic E-state index is 12.8. The minimum absolute atomic E-state index is 0.00268. The van der Waals surface area contributed by atoms with Gasteiger partial charge in [0.15, 0.2) is 0 Å². The van der Waals surface area contributed by atoms with Crippen LogP contribution >= 0.6 is 0 Å². The molecule has 2 heterocycles. The Hall–Kier alpha value is -3.15. The van der Waals surface area contributed by atoms with Gasteiger partial charge in [-0.15, -0.1) is 0 Å². The number of ether oxygens (including phenoxy) is 1. The van der Waals surface area contributed by atoms with Gasteiger partial charge < -0.3 is 24.6 Å². The number of para-hydroxylation sites is 2. The number of aromatic nitrogens is 1. The summed E-state index contributed by atoms with van der Waals surface area (Å²) in [4.78, 5) is 20.0. The van der Waals surface area contributed by atoms with E-state index in [1.54, 1.807) is 13.2 Å². The minimum atomic E-state index is -0.00268. The van der Waals surface area contributed by atoms with Crippen LogP contribution in [0.1, 0.15) is 10.5 Å². The summed E-state index contributed by atoms with van der Waals surface area (Å²) < 4.78 is 5.23. The summed E-state index contributed by atoms with van der Waals surface area (Å²) in [6.07, 6.45) is 0. The summed E-state index contributed by atoms with van der Waals surface area (Å²) in [6, 6.07) is 14.9. The fourth-order valence-electron chi connectivity index (χ4n) is 3.40. The first-order valence-corrected chi connectivity index (χ1v) is 8.64. The molecule has 0 unspecified atom stereocenters. The van der Waals surface area contributed by atoms with Gasteiger partial charge >= 0.3 is 0 Å². The average Bonchev–Trinajstić information content (AvgIpc) is 3.11. The molecule has 0 bridgehead atoms. The number of amides is 1. The van der Waals surface area contributed by atoms with Crippen LogP contribution < -0.4 is 9.64 Å². The number of rotatable bonds is 3. The fraction of sp³-hybridized carbons (Fsp3) is 0.250. The van der Waals surface area contributed by atoms with E-state index >= 15 is 0 Å². The molecule has 4 rings (SSSR count). The number of phenolic OH excluding ortho intramolecular Hbond substituents is 1. The van der Waals surface area contributed by atoms with Gasteiger partial charge in [0.1, 0.15) is 17.2 Å². The zero-order valence-electron chi connectivity index (χ0n) is 14.6. The molecule has 2 aromatic carbocycles. The van der Waals surface area contributed by atoms with Crippen molar-refractivity contribution >= 4 is 22.5 Å². The molecule has 6 nitrogen and oxygen atoms in total. The van der Waals surface area contributed by atoms with Crippen molar-refractivity contribution in [3.05, 3.63) is 54.2 Å². The first-order chi connectivity index (χ1) is 12.7. The number of aromatic amines is 1. The normalized spacial score (nSPS) is 14.7.